The van der Waals surface area contributed by atoms with Crippen molar-refractivity contribution in [2.75, 3.05) is 23.7 Å². The van der Waals surface area contributed by atoms with E-state index in [9.17, 15) is 26.4 Å². The SMILES string of the molecule is CN(Cc1ccccc1C(F)(F)F)C(=O)Nc1cccc(S(=O)(=O)N(C)c2ccccc2)c1. The number of carbonyl (C=O) groups is 1. The summed E-state index contributed by atoms with van der Waals surface area (Å²) in [6.07, 6.45) is -4.54. The van der Waals surface area contributed by atoms with Gasteiger partial charge in [0.15, 0.2) is 0 Å². The monoisotopic (exact) mass is 477 g/mol. The standard InChI is InChI=1S/C23H22F3N3O3S/c1-28(16-17-9-6-7-14-21(17)23(24,25)26)22(30)27-18-10-8-13-20(15-18)33(31,32)29(2)19-11-4-3-5-12-19/h3-15H,16H2,1-2H3,(H,27,30). The van der Waals surface area contributed by atoms with Gasteiger partial charge in [0.2, 0.25) is 0 Å². The quantitative estimate of drug-likeness (QED) is 0.531. The second-order valence-corrected chi connectivity index (χ2v) is 9.25. The number of anilines is 2. The van der Waals surface area contributed by atoms with Crippen LogP contribution in [-0.2, 0) is 22.7 Å². The number of urea groups is 1. The molecule has 3 rings (SSSR count). The molecule has 0 heterocycles. The maximum absolute atomic E-state index is 13.2. The van der Waals surface area contributed by atoms with E-state index in [2.05, 4.69) is 5.32 Å². The van der Waals surface area contributed by atoms with Crippen LogP contribution in [0.2, 0.25) is 0 Å². The maximum atomic E-state index is 13.2. The Morgan fingerprint density at radius 2 is 1.55 bits per heavy atom. The van der Waals surface area contributed by atoms with Crippen molar-refractivity contribution in [3.63, 3.8) is 0 Å². The number of benzene rings is 3. The first-order valence-electron chi connectivity index (χ1n) is 9.81. The number of hydrogen-bond donors (Lipinski definition) is 1. The molecule has 3 aromatic rings. The predicted octanol–water partition coefficient (Wildman–Crippen LogP) is 5.19. The lowest BCUT2D eigenvalue weighted by atomic mass is 10.1. The van der Waals surface area contributed by atoms with Crippen LogP contribution in [0.5, 0.6) is 0 Å². The van der Waals surface area contributed by atoms with Gasteiger partial charge in [-0.1, -0.05) is 42.5 Å². The Bertz CT molecular complexity index is 1230. The van der Waals surface area contributed by atoms with Gasteiger partial charge in [-0.2, -0.15) is 13.2 Å². The summed E-state index contributed by atoms with van der Waals surface area (Å²) in [5, 5.41) is 2.53. The van der Waals surface area contributed by atoms with Crippen molar-refractivity contribution in [3.8, 4) is 0 Å². The molecular weight excluding hydrogens is 455 g/mol. The lowest BCUT2D eigenvalue weighted by Crippen LogP contribution is -2.32. The molecular formula is C23H22F3N3O3S. The van der Waals surface area contributed by atoms with Crippen LogP contribution in [0.4, 0.5) is 29.3 Å². The van der Waals surface area contributed by atoms with Crippen LogP contribution >= 0.6 is 0 Å². The second kappa shape index (κ2) is 9.53. The number of nitrogens with one attached hydrogen (secondary N) is 1. The molecule has 33 heavy (non-hydrogen) atoms. The van der Waals surface area contributed by atoms with Crippen LogP contribution in [0.15, 0.2) is 83.8 Å². The van der Waals surface area contributed by atoms with Crippen molar-refractivity contribution in [1.29, 1.82) is 0 Å². The molecule has 0 aliphatic heterocycles. The Labute approximate surface area is 190 Å². The van der Waals surface area contributed by atoms with E-state index in [1.54, 1.807) is 30.3 Å². The summed E-state index contributed by atoms with van der Waals surface area (Å²) in [6.45, 7) is -0.281. The fourth-order valence-corrected chi connectivity index (χ4v) is 4.39. The highest BCUT2D eigenvalue weighted by atomic mass is 32.2. The van der Waals surface area contributed by atoms with E-state index in [-0.39, 0.29) is 22.7 Å². The van der Waals surface area contributed by atoms with E-state index >= 15 is 0 Å². The smallest absolute Gasteiger partial charge is 0.323 e. The number of nitrogens with zero attached hydrogens (tertiary/aromatic N) is 2. The van der Waals surface area contributed by atoms with Crippen molar-refractivity contribution < 1.29 is 26.4 Å². The van der Waals surface area contributed by atoms with Gasteiger partial charge in [-0.3, -0.25) is 4.31 Å². The van der Waals surface area contributed by atoms with Crippen LogP contribution in [0.3, 0.4) is 0 Å². The minimum Gasteiger partial charge on any atom is -0.323 e. The molecule has 0 fully saturated rings. The number of hydrogen-bond acceptors (Lipinski definition) is 3. The van der Waals surface area contributed by atoms with E-state index in [0.717, 1.165) is 15.3 Å². The van der Waals surface area contributed by atoms with Crippen LogP contribution < -0.4 is 9.62 Å². The topological polar surface area (TPSA) is 69.7 Å². The van der Waals surface area contributed by atoms with E-state index in [1.807, 2.05) is 0 Å². The van der Waals surface area contributed by atoms with Gasteiger partial charge in [-0.25, -0.2) is 13.2 Å². The van der Waals surface area contributed by atoms with Gasteiger partial charge in [0.05, 0.1) is 16.1 Å². The minimum atomic E-state index is -4.54. The van der Waals surface area contributed by atoms with Crippen molar-refractivity contribution >= 4 is 27.4 Å². The number of alkyl halides is 3. The van der Waals surface area contributed by atoms with Crippen LogP contribution in [-0.4, -0.2) is 33.4 Å². The minimum absolute atomic E-state index is 0.0447. The summed E-state index contributed by atoms with van der Waals surface area (Å²) in [4.78, 5) is 13.6. The Morgan fingerprint density at radius 3 is 2.21 bits per heavy atom. The molecule has 1 N–H and O–H groups in total. The van der Waals surface area contributed by atoms with Gasteiger partial charge >= 0.3 is 12.2 Å². The molecule has 2 amide bonds. The Morgan fingerprint density at radius 1 is 0.909 bits per heavy atom. The maximum Gasteiger partial charge on any atom is 0.416 e. The van der Waals surface area contributed by atoms with Gasteiger partial charge in [0, 0.05) is 26.3 Å². The van der Waals surface area contributed by atoms with E-state index in [1.165, 1.54) is 56.6 Å². The number of sulfonamides is 1. The molecule has 0 radical (unpaired) electrons. The van der Waals surface area contributed by atoms with Crippen LogP contribution in [0.25, 0.3) is 0 Å². The van der Waals surface area contributed by atoms with Crippen LogP contribution in [0.1, 0.15) is 11.1 Å². The average molecular weight is 478 g/mol. The lowest BCUT2D eigenvalue weighted by Gasteiger charge is -2.22. The zero-order valence-corrected chi connectivity index (χ0v) is 18.7. The third-order valence-electron chi connectivity index (χ3n) is 4.94. The van der Waals surface area contributed by atoms with Crippen molar-refractivity contribution in [2.45, 2.75) is 17.6 Å². The van der Waals surface area contributed by atoms with Crippen molar-refractivity contribution in [1.82, 2.24) is 4.90 Å². The Hall–Kier alpha value is -3.53. The average Bonchev–Trinajstić information content (AvgIpc) is 2.79. The summed E-state index contributed by atoms with van der Waals surface area (Å²) < 4.78 is 66.7. The van der Waals surface area contributed by atoms with E-state index < -0.39 is 27.8 Å². The van der Waals surface area contributed by atoms with Crippen molar-refractivity contribution in [3.05, 3.63) is 90.0 Å². The molecule has 0 spiro atoms. The van der Waals surface area contributed by atoms with Gasteiger partial charge < -0.3 is 10.2 Å². The summed E-state index contributed by atoms with van der Waals surface area (Å²) in [7, 11) is -1.13. The largest absolute Gasteiger partial charge is 0.416 e. The van der Waals surface area contributed by atoms with Crippen LogP contribution in [0, 0.1) is 0 Å². The Kier molecular flexibility index (Phi) is 6.97. The van der Waals surface area contributed by atoms with E-state index in [0.29, 0.717) is 5.69 Å². The second-order valence-electron chi connectivity index (χ2n) is 7.28. The molecule has 0 bridgehead atoms. The summed E-state index contributed by atoms with van der Waals surface area (Å²) in [6, 6.07) is 18.5. The van der Waals surface area contributed by atoms with Gasteiger partial charge in [0.25, 0.3) is 10.0 Å². The molecule has 0 unspecified atom stereocenters. The van der Waals surface area contributed by atoms with Gasteiger partial charge in [-0.15, -0.1) is 0 Å². The van der Waals surface area contributed by atoms with Crippen molar-refractivity contribution in [2.24, 2.45) is 0 Å². The molecule has 3 aromatic carbocycles. The number of halogens is 3. The number of carbonyl (C=O) groups excluding carboxylic acids is 1. The number of rotatable bonds is 6. The summed E-state index contributed by atoms with van der Waals surface area (Å²) in [5.41, 5.74) is -0.210. The normalized spacial score (nSPS) is 11.7. The Balaban J connectivity index is 1.76. The zero-order chi connectivity index (χ0) is 24.2. The number of amides is 2. The molecule has 10 heteroatoms. The predicted molar refractivity (Wildman–Crippen MR) is 120 cm³/mol. The molecule has 0 aliphatic carbocycles. The first kappa shape index (κ1) is 24.1. The fourth-order valence-electron chi connectivity index (χ4n) is 3.15. The van der Waals surface area contributed by atoms with Gasteiger partial charge in [0.1, 0.15) is 0 Å². The molecule has 0 saturated carbocycles. The molecule has 0 aromatic heterocycles. The molecule has 0 aliphatic rings. The highest BCUT2D eigenvalue weighted by Crippen LogP contribution is 2.32. The summed E-state index contributed by atoms with van der Waals surface area (Å²) >= 11 is 0. The molecule has 0 atom stereocenters. The highest BCUT2D eigenvalue weighted by Gasteiger charge is 2.33. The first-order valence-corrected chi connectivity index (χ1v) is 11.3. The van der Waals surface area contributed by atoms with E-state index in [4.69, 9.17) is 0 Å². The number of para-hydroxylation sites is 1. The molecule has 0 saturated heterocycles. The lowest BCUT2D eigenvalue weighted by molar-refractivity contribution is -0.138. The molecule has 6 nitrogen and oxygen atoms in total. The highest BCUT2D eigenvalue weighted by molar-refractivity contribution is 7.92. The summed E-state index contributed by atoms with van der Waals surface area (Å²) in [5.74, 6) is 0. The zero-order valence-electron chi connectivity index (χ0n) is 17.9. The van der Waals surface area contributed by atoms with Gasteiger partial charge in [-0.05, 0) is 42.0 Å². The fraction of sp³-hybridized carbons (Fsp3) is 0.174. The molecule has 174 valence electrons. The third-order valence-corrected chi connectivity index (χ3v) is 6.72. The third kappa shape index (κ3) is 5.64. The first-order chi connectivity index (χ1) is 15.5.